The van der Waals surface area contributed by atoms with E-state index < -0.39 is 10.0 Å². The van der Waals surface area contributed by atoms with Crippen LogP contribution in [-0.4, -0.2) is 24.6 Å². The summed E-state index contributed by atoms with van der Waals surface area (Å²) in [5.41, 5.74) is 1.68. The van der Waals surface area contributed by atoms with Gasteiger partial charge >= 0.3 is 0 Å². The first-order valence-corrected chi connectivity index (χ1v) is 8.73. The number of nitrogens with zero attached hydrogens (tertiary/aromatic N) is 2. The topological polar surface area (TPSA) is 72.7 Å². The van der Waals surface area contributed by atoms with Crippen LogP contribution in [0.2, 0.25) is 0 Å². The molecule has 2 aromatic heterocycles. The molecule has 0 bridgehead atoms. The van der Waals surface area contributed by atoms with E-state index in [4.69, 9.17) is 4.74 Å². The lowest BCUT2D eigenvalue weighted by Gasteiger charge is -2.11. The Morgan fingerprint density at radius 3 is 2.78 bits per heavy atom. The summed E-state index contributed by atoms with van der Waals surface area (Å²) in [6.07, 6.45) is 3.48. The number of benzene rings is 1. The summed E-state index contributed by atoms with van der Waals surface area (Å²) in [6.45, 7) is 2.38. The van der Waals surface area contributed by atoms with Crippen LogP contribution in [-0.2, 0) is 16.6 Å². The van der Waals surface area contributed by atoms with Crippen molar-refractivity contribution in [2.75, 3.05) is 6.61 Å². The summed E-state index contributed by atoms with van der Waals surface area (Å²) in [6, 6.07) is 12.2. The number of ether oxygens (including phenoxy) is 1. The summed E-state index contributed by atoms with van der Waals surface area (Å²) >= 11 is 0. The summed E-state index contributed by atoms with van der Waals surface area (Å²) in [4.78, 5) is 0.137. The van der Waals surface area contributed by atoms with Gasteiger partial charge in [0.2, 0.25) is 10.0 Å². The molecule has 0 aliphatic carbocycles. The van der Waals surface area contributed by atoms with Crippen molar-refractivity contribution in [3.8, 4) is 5.75 Å². The summed E-state index contributed by atoms with van der Waals surface area (Å²) in [5, 5.41) is 4.20. The Balaban J connectivity index is 1.85. The molecule has 7 heteroatoms. The molecule has 1 N–H and O–H groups in total. The minimum absolute atomic E-state index is 0.137. The molecule has 0 aliphatic rings. The third kappa shape index (κ3) is 3.20. The number of nitrogens with one attached hydrogen (secondary N) is 1. The van der Waals surface area contributed by atoms with Gasteiger partial charge in [-0.3, -0.25) is 0 Å². The average molecular weight is 331 g/mol. The Labute approximate surface area is 134 Å². The molecule has 3 aromatic rings. The van der Waals surface area contributed by atoms with Gasteiger partial charge in [0, 0.05) is 18.3 Å². The van der Waals surface area contributed by atoms with E-state index in [-0.39, 0.29) is 11.4 Å². The van der Waals surface area contributed by atoms with Gasteiger partial charge in [0.05, 0.1) is 18.3 Å². The molecule has 0 saturated heterocycles. The van der Waals surface area contributed by atoms with Crippen LogP contribution >= 0.6 is 0 Å². The summed E-state index contributed by atoms with van der Waals surface area (Å²) < 4.78 is 34.8. The zero-order valence-electron chi connectivity index (χ0n) is 12.6. The highest BCUT2D eigenvalue weighted by atomic mass is 32.2. The second-order valence-corrected chi connectivity index (χ2v) is 6.64. The first kappa shape index (κ1) is 15.5. The van der Waals surface area contributed by atoms with Crippen LogP contribution in [0.1, 0.15) is 12.5 Å². The van der Waals surface area contributed by atoms with E-state index in [2.05, 4.69) is 9.82 Å². The maximum atomic E-state index is 12.5. The van der Waals surface area contributed by atoms with Crippen molar-refractivity contribution in [1.82, 2.24) is 14.3 Å². The normalized spacial score (nSPS) is 11.7. The number of pyridine rings is 1. The maximum Gasteiger partial charge on any atom is 0.244 e. The molecule has 0 saturated carbocycles. The lowest BCUT2D eigenvalue weighted by atomic mass is 10.3. The van der Waals surface area contributed by atoms with Crippen LogP contribution < -0.4 is 9.46 Å². The Morgan fingerprint density at radius 2 is 1.96 bits per heavy atom. The van der Waals surface area contributed by atoms with Crippen molar-refractivity contribution in [2.45, 2.75) is 18.4 Å². The fourth-order valence-corrected chi connectivity index (χ4v) is 3.47. The van der Waals surface area contributed by atoms with Crippen LogP contribution in [0.5, 0.6) is 5.75 Å². The van der Waals surface area contributed by atoms with Crippen LogP contribution in [0.15, 0.2) is 59.8 Å². The van der Waals surface area contributed by atoms with Crippen molar-refractivity contribution in [3.05, 3.63) is 60.4 Å². The van der Waals surface area contributed by atoms with Crippen molar-refractivity contribution < 1.29 is 13.2 Å². The second-order valence-electron chi connectivity index (χ2n) is 4.90. The molecule has 0 amide bonds. The van der Waals surface area contributed by atoms with Crippen LogP contribution in [0.3, 0.4) is 0 Å². The first-order chi connectivity index (χ1) is 11.1. The lowest BCUT2D eigenvalue weighted by molar-refractivity contribution is 0.331. The van der Waals surface area contributed by atoms with E-state index in [0.717, 1.165) is 11.1 Å². The Hall–Kier alpha value is -2.38. The molecule has 23 heavy (non-hydrogen) atoms. The van der Waals surface area contributed by atoms with Gasteiger partial charge in [-0.2, -0.15) is 5.10 Å². The van der Waals surface area contributed by atoms with E-state index in [9.17, 15) is 8.42 Å². The highest BCUT2D eigenvalue weighted by Gasteiger charge is 2.19. The number of hydrogen-bond donors (Lipinski definition) is 1. The molecule has 0 aliphatic heterocycles. The van der Waals surface area contributed by atoms with Gasteiger partial charge in [-0.1, -0.05) is 18.2 Å². The lowest BCUT2D eigenvalue weighted by Crippen LogP contribution is -2.23. The minimum Gasteiger partial charge on any atom is -0.492 e. The predicted octanol–water partition coefficient (Wildman–Crippen LogP) is 2.21. The van der Waals surface area contributed by atoms with Gasteiger partial charge < -0.3 is 4.74 Å². The maximum absolute atomic E-state index is 12.5. The fourth-order valence-electron chi connectivity index (χ4n) is 2.32. The molecule has 0 fully saturated rings. The number of fused-ring (bicyclic) bond motifs is 1. The molecule has 1 aromatic carbocycles. The van der Waals surface area contributed by atoms with E-state index in [0.29, 0.717) is 12.4 Å². The Morgan fingerprint density at radius 1 is 1.17 bits per heavy atom. The van der Waals surface area contributed by atoms with Crippen molar-refractivity contribution in [1.29, 1.82) is 0 Å². The monoisotopic (exact) mass is 331 g/mol. The molecule has 2 heterocycles. The standard InChI is InChI=1S/C16H17N3O3S/c1-2-22-15-8-3-4-9-16(15)23(20,21)18-12-13-11-17-19-10-6-5-7-14(13)19/h3-11,18H,2,12H2,1H3. The van der Waals surface area contributed by atoms with E-state index in [1.807, 2.05) is 31.3 Å². The van der Waals surface area contributed by atoms with Gasteiger partial charge in [0.15, 0.2) is 0 Å². The van der Waals surface area contributed by atoms with E-state index in [1.165, 1.54) is 6.07 Å². The van der Waals surface area contributed by atoms with E-state index >= 15 is 0 Å². The predicted molar refractivity (Wildman–Crippen MR) is 86.8 cm³/mol. The van der Waals surface area contributed by atoms with Crippen LogP contribution in [0.4, 0.5) is 0 Å². The number of rotatable bonds is 6. The molecule has 0 radical (unpaired) electrons. The molecule has 120 valence electrons. The molecule has 6 nitrogen and oxygen atoms in total. The minimum atomic E-state index is -3.67. The van der Waals surface area contributed by atoms with Gasteiger partial charge in [0.25, 0.3) is 0 Å². The third-order valence-corrected chi connectivity index (χ3v) is 4.84. The molecule has 3 rings (SSSR count). The zero-order chi connectivity index (χ0) is 16.3. The Bertz CT molecular complexity index is 919. The SMILES string of the molecule is CCOc1ccccc1S(=O)(=O)NCc1cnn2ccccc12. The van der Waals surface area contributed by atoms with Crippen LogP contribution in [0, 0.1) is 0 Å². The molecular formula is C16H17N3O3S. The van der Waals surface area contributed by atoms with Gasteiger partial charge in [-0.25, -0.2) is 17.7 Å². The second kappa shape index (κ2) is 6.39. The smallest absolute Gasteiger partial charge is 0.244 e. The number of para-hydroxylation sites is 1. The highest BCUT2D eigenvalue weighted by Crippen LogP contribution is 2.23. The largest absolute Gasteiger partial charge is 0.492 e. The number of hydrogen-bond acceptors (Lipinski definition) is 4. The van der Waals surface area contributed by atoms with E-state index in [1.54, 1.807) is 28.9 Å². The first-order valence-electron chi connectivity index (χ1n) is 7.24. The molecule has 0 atom stereocenters. The third-order valence-electron chi connectivity index (χ3n) is 3.40. The fraction of sp³-hybridized carbons (Fsp3) is 0.188. The molecule has 0 unspecified atom stereocenters. The van der Waals surface area contributed by atoms with Gasteiger partial charge in [-0.05, 0) is 31.2 Å². The zero-order valence-corrected chi connectivity index (χ0v) is 13.5. The quantitative estimate of drug-likeness (QED) is 0.752. The van der Waals surface area contributed by atoms with Gasteiger partial charge in [0.1, 0.15) is 10.6 Å². The summed E-state index contributed by atoms with van der Waals surface area (Å²) in [5.74, 6) is 0.349. The van der Waals surface area contributed by atoms with Gasteiger partial charge in [-0.15, -0.1) is 0 Å². The molecule has 0 spiro atoms. The average Bonchev–Trinajstić information content (AvgIpc) is 2.97. The molecular weight excluding hydrogens is 314 g/mol. The number of aromatic nitrogens is 2. The number of sulfonamides is 1. The summed E-state index contributed by atoms with van der Waals surface area (Å²) in [7, 11) is -3.67. The van der Waals surface area contributed by atoms with Crippen molar-refractivity contribution >= 4 is 15.5 Å². The van der Waals surface area contributed by atoms with Crippen molar-refractivity contribution in [2.24, 2.45) is 0 Å². The Kier molecular flexibility index (Phi) is 4.31. The van der Waals surface area contributed by atoms with Crippen LogP contribution in [0.25, 0.3) is 5.52 Å². The van der Waals surface area contributed by atoms with Crippen molar-refractivity contribution in [3.63, 3.8) is 0 Å². The highest BCUT2D eigenvalue weighted by molar-refractivity contribution is 7.89.